The second-order valence-corrected chi connectivity index (χ2v) is 7.18. The van der Waals surface area contributed by atoms with E-state index in [0.717, 1.165) is 0 Å². The molecule has 0 bridgehead atoms. The van der Waals surface area contributed by atoms with Crippen molar-refractivity contribution in [1.29, 1.82) is 0 Å². The number of fused-ring (bicyclic) bond motifs is 1. The third-order valence-corrected chi connectivity index (χ3v) is 4.91. The molecule has 0 aliphatic rings. The summed E-state index contributed by atoms with van der Waals surface area (Å²) in [5, 5.41) is 3.60. The minimum atomic E-state index is -0.372. The number of benzene rings is 2. The van der Waals surface area contributed by atoms with Crippen molar-refractivity contribution in [3.63, 3.8) is 0 Å². The molecule has 2 aromatic carbocycles. The van der Waals surface area contributed by atoms with E-state index < -0.39 is 0 Å². The van der Waals surface area contributed by atoms with Crippen molar-refractivity contribution < 1.29 is 13.9 Å². The van der Waals surface area contributed by atoms with Gasteiger partial charge in [-0.1, -0.05) is 40.9 Å². The number of anilines is 1. The molecule has 29 heavy (non-hydrogen) atoms. The van der Waals surface area contributed by atoms with Gasteiger partial charge < -0.3 is 14.5 Å². The number of carbonyl (C=O) groups excluding carboxylic acids is 1. The van der Waals surface area contributed by atoms with Crippen LogP contribution >= 0.6 is 34.8 Å². The van der Waals surface area contributed by atoms with E-state index in [1.165, 1.54) is 12.1 Å². The summed E-state index contributed by atoms with van der Waals surface area (Å²) >= 11 is 17.9. The van der Waals surface area contributed by atoms with Crippen molar-refractivity contribution in [3.05, 3.63) is 69.8 Å². The number of rotatable bonds is 5. The van der Waals surface area contributed by atoms with Gasteiger partial charge in [0, 0.05) is 23.5 Å². The first-order chi connectivity index (χ1) is 14.0. The standard InChI is InChI=1S/C20H12Cl3N3O3/c21-13-8-15(23)17(9-14(13)22)28-10-18(27)25-12-4-1-3-11(7-12)20-26-19-16(29-20)5-2-6-24-19/h1-9H,10H2,(H,25,27). The van der Waals surface area contributed by atoms with Gasteiger partial charge in [-0.25, -0.2) is 4.98 Å². The number of carbonyl (C=O) groups is 1. The number of oxazole rings is 1. The van der Waals surface area contributed by atoms with Crippen LogP contribution in [0.3, 0.4) is 0 Å². The van der Waals surface area contributed by atoms with Crippen molar-refractivity contribution in [2.24, 2.45) is 0 Å². The number of nitrogens with zero attached hydrogens (tertiary/aromatic N) is 2. The Balaban J connectivity index is 1.45. The zero-order chi connectivity index (χ0) is 20.4. The highest BCUT2D eigenvalue weighted by Gasteiger charge is 2.12. The molecule has 6 nitrogen and oxygen atoms in total. The molecule has 0 spiro atoms. The molecule has 146 valence electrons. The molecule has 0 saturated heterocycles. The van der Waals surface area contributed by atoms with Crippen LogP contribution in [0, 0.1) is 0 Å². The van der Waals surface area contributed by atoms with Crippen LogP contribution in [-0.4, -0.2) is 22.5 Å². The molecule has 0 aliphatic heterocycles. The lowest BCUT2D eigenvalue weighted by Crippen LogP contribution is -2.20. The zero-order valence-electron chi connectivity index (χ0n) is 14.7. The van der Waals surface area contributed by atoms with E-state index >= 15 is 0 Å². The molecule has 2 aromatic heterocycles. The molecule has 0 aliphatic carbocycles. The van der Waals surface area contributed by atoms with E-state index in [9.17, 15) is 4.79 Å². The molecule has 4 aromatic rings. The second-order valence-electron chi connectivity index (χ2n) is 5.96. The molecule has 0 saturated carbocycles. The number of hydrogen-bond donors (Lipinski definition) is 1. The van der Waals surface area contributed by atoms with E-state index in [-0.39, 0.29) is 28.3 Å². The predicted molar refractivity (Wildman–Crippen MR) is 113 cm³/mol. The number of amides is 1. The summed E-state index contributed by atoms with van der Waals surface area (Å²) in [5.41, 5.74) is 2.37. The van der Waals surface area contributed by atoms with Crippen LogP contribution in [0.4, 0.5) is 5.69 Å². The molecule has 1 N–H and O–H groups in total. The Labute approximate surface area is 180 Å². The lowest BCUT2D eigenvalue weighted by molar-refractivity contribution is -0.118. The smallest absolute Gasteiger partial charge is 0.262 e. The first kappa shape index (κ1) is 19.5. The van der Waals surface area contributed by atoms with Crippen molar-refractivity contribution in [3.8, 4) is 17.2 Å². The van der Waals surface area contributed by atoms with E-state index in [1.807, 2.05) is 6.07 Å². The van der Waals surface area contributed by atoms with Crippen molar-refractivity contribution >= 4 is 57.6 Å². The van der Waals surface area contributed by atoms with E-state index in [1.54, 1.807) is 36.5 Å². The second kappa shape index (κ2) is 8.29. The summed E-state index contributed by atoms with van der Waals surface area (Å²) in [7, 11) is 0. The lowest BCUT2D eigenvalue weighted by Gasteiger charge is -2.10. The van der Waals surface area contributed by atoms with Gasteiger partial charge in [-0.2, -0.15) is 4.98 Å². The van der Waals surface area contributed by atoms with E-state index in [2.05, 4.69) is 15.3 Å². The SMILES string of the molecule is O=C(COc1cc(Cl)c(Cl)cc1Cl)Nc1cccc(-c2nc3ncccc3o2)c1. The van der Waals surface area contributed by atoms with E-state index in [0.29, 0.717) is 33.4 Å². The Morgan fingerprint density at radius 2 is 1.86 bits per heavy atom. The molecule has 0 fully saturated rings. The zero-order valence-corrected chi connectivity index (χ0v) is 16.9. The Bertz CT molecular complexity index is 1180. The van der Waals surface area contributed by atoms with Crippen molar-refractivity contribution in [2.45, 2.75) is 0 Å². The minimum Gasteiger partial charge on any atom is -0.482 e. The van der Waals surface area contributed by atoms with Gasteiger partial charge in [-0.05, 0) is 36.4 Å². The minimum absolute atomic E-state index is 0.255. The van der Waals surface area contributed by atoms with Gasteiger partial charge in [0.15, 0.2) is 17.8 Å². The predicted octanol–water partition coefficient (Wildman–Crippen LogP) is 5.87. The summed E-state index contributed by atoms with van der Waals surface area (Å²) in [6.07, 6.45) is 1.64. The van der Waals surface area contributed by atoms with Crippen LogP contribution in [0.15, 0.2) is 59.1 Å². The van der Waals surface area contributed by atoms with Crippen LogP contribution in [0.25, 0.3) is 22.7 Å². The highest BCUT2D eigenvalue weighted by atomic mass is 35.5. The van der Waals surface area contributed by atoms with Gasteiger partial charge in [-0.15, -0.1) is 0 Å². The Hall–Kier alpha value is -2.80. The molecule has 0 atom stereocenters. The van der Waals surface area contributed by atoms with Crippen LogP contribution in [0.2, 0.25) is 15.1 Å². The highest BCUT2D eigenvalue weighted by molar-refractivity contribution is 6.43. The number of pyridine rings is 1. The molecule has 0 unspecified atom stereocenters. The summed E-state index contributed by atoms with van der Waals surface area (Å²) in [6, 6.07) is 13.6. The van der Waals surface area contributed by atoms with Gasteiger partial charge in [-0.3, -0.25) is 4.79 Å². The third kappa shape index (κ3) is 4.45. The Morgan fingerprint density at radius 1 is 1.03 bits per heavy atom. The fourth-order valence-corrected chi connectivity index (χ4v) is 3.17. The Morgan fingerprint density at radius 3 is 2.69 bits per heavy atom. The normalized spacial score (nSPS) is 10.9. The van der Waals surface area contributed by atoms with Crippen molar-refractivity contribution in [2.75, 3.05) is 11.9 Å². The molecule has 2 heterocycles. The maximum Gasteiger partial charge on any atom is 0.262 e. The third-order valence-electron chi connectivity index (χ3n) is 3.89. The van der Waals surface area contributed by atoms with Gasteiger partial charge in [0.05, 0.1) is 15.1 Å². The molecule has 9 heteroatoms. The molecule has 4 rings (SSSR count). The van der Waals surface area contributed by atoms with Crippen LogP contribution in [0.5, 0.6) is 5.75 Å². The van der Waals surface area contributed by atoms with Gasteiger partial charge in [0.2, 0.25) is 5.89 Å². The molecular formula is C20H12Cl3N3O3. The summed E-state index contributed by atoms with van der Waals surface area (Å²) in [6.45, 7) is -0.255. The maximum atomic E-state index is 12.3. The van der Waals surface area contributed by atoms with E-state index in [4.69, 9.17) is 44.0 Å². The van der Waals surface area contributed by atoms with Gasteiger partial charge in [0.25, 0.3) is 5.91 Å². The van der Waals surface area contributed by atoms with Crippen molar-refractivity contribution in [1.82, 2.24) is 9.97 Å². The molecule has 0 radical (unpaired) electrons. The number of aromatic nitrogens is 2. The Kier molecular flexibility index (Phi) is 5.58. The number of hydrogen-bond acceptors (Lipinski definition) is 5. The fraction of sp³-hybridized carbons (Fsp3) is 0.0500. The maximum absolute atomic E-state index is 12.3. The number of nitrogens with one attached hydrogen (secondary N) is 1. The average Bonchev–Trinajstić information content (AvgIpc) is 3.14. The summed E-state index contributed by atoms with van der Waals surface area (Å²) < 4.78 is 11.1. The lowest BCUT2D eigenvalue weighted by atomic mass is 10.2. The monoisotopic (exact) mass is 447 g/mol. The summed E-state index contributed by atoms with van der Waals surface area (Å²) in [4.78, 5) is 20.8. The van der Waals surface area contributed by atoms with Gasteiger partial charge in [0.1, 0.15) is 5.75 Å². The first-order valence-electron chi connectivity index (χ1n) is 8.39. The van der Waals surface area contributed by atoms with Crippen LogP contribution in [0.1, 0.15) is 0 Å². The average molecular weight is 449 g/mol. The fourth-order valence-electron chi connectivity index (χ4n) is 2.58. The molecule has 1 amide bonds. The largest absolute Gasteiger partial charge is 0.482 e. The van der Waals surface area contributed by atoms with Crippen LogP contribution < -0.4 is 10.1 Å². The van der Waals surface area contributed by atoms with Gasteiger partial charge >= 0.3 is 0 Å². The molecular weight excluding hydrogens is 437 g/mol. The quantitative estimate of drug-likeness (QED) is 0.386. The first-order valence-corrected chi connectivity index (χ1v) is 9.52. The van der Waals surface area contributed by atoms with Crippen LogP contribution in [-0.2, 0) is 4.79 Å². The topological polar surface area (TPSA) is 77.2 Å². The number of ether oxygens (including phenoxy) is 1. The highest BCUT2D eigenvalue weighted by Crippen LogP contribution is 2.33. The summed E-state index contributed by atoms with van der Waals surface area (Å²) in [5.74, 6) is 0.307. The number of halogens is 3.